The van der Waals surface area contributed by atoms with Crippen LogP contribution in [0.5, 0.6) is 0 Å². The Kier molecular flexibility index (Phi) is 5.51. The average molecular weight is 185 g/mol. The van der Waals surface area contributed by atoms with Crippen LogP contribution in [-0.4, -0.2) is 12.5 Å². The fourth-order valence-corrected chi connectivity index (χ4v) is 1.39. The molecule has 0 spiro atoms. The first-order valence-corrected chi connectivity index (χ1v) is 4.98. The lowest BCUT2D eigenvalue weighted by molar-refractivity contribution is 0.326. The van der Waals surface area contributed by atoms with E-state index in [2.05, 4.69) is 32.7 Å². The summed E-state index contributed by atoms with van der Waals surface area (Å²) in [5.74, 6) is 2.16. The molecule has 0 aromatic heterocycles. The zero-order valence-corrected chi connectivity index (χ0v) is 9.25. The predicted octanol–water partition coefficient (Wildman–Crippen LogP) is 1.58. The van der Waals surface area contributed by atoms with Gasteiger partial charge in [0.1, 0.15) is 0 Å². The van der Waals surface area contributed by atoms with Crippen LogP contribution in [0.25, 0.3) is 0 Å². The van der Waals surface area contributed by atoms with E-state index in [4.69, 9.17) is 11.5 Å². The summed E-state index contributed by atoms with van der Waals surface area (Å²) < 4.78 is 0. The number of hydrogen-bond donors (Lipinski definition) is 2. The lowest BCUT2D eigenvalue weighted by Gasteiger charge is -2.20. The van der Waals surface area contributed by atoms with Crippen molar-refractivity contribution in [3.63, 3.8) is 0 Å². The van der Waals surface area contributed by atoms with Crippen LogP contribution in [0.2, 0.25) is 0 Å². The summed E-state index contributed by atoms with van der Waals surface area (Å²) in [6.45, 7) is 9.65. The standard InChI is InChI=1S/C10H23N3/c1-7(2)5-9(8(3)4)6-13-10(11)12/h7-9H,5-6H2,1-4H3,(H4,11,12,13). The molecule has 0 heterocycles. The van der Waals surface area contributed by atoms with E-state index in [9.17, 15) is 0 Å². The minimum atomic E-state index is 0.203. The number of nitrogens with two attached hydrogens (primary N) is 2. The summed E-state index contributed by atoms with van der Waals surface area (Å²) in [6.07, 6.45) is 1.19. The molecule has 0 aliphatic heterocycles. The highest BCUT2D eigenvalue weighted by molar-refractivity contribution is 5.75. The monoisotopic (exact) mass is 185 g/mol. The normalized spacial score (nSPS) is 13.4. The molecular weight excluding hydrogens is 162 g/mol. The van der Waals surface area contributed by atoms with E-state index in [0.29, 0.717) is 17.8 Å². The second-order valence-electron chi connectivity index (χ2n) is 4.40. The minimum Gasteiger partial charge on any atom is -0.370 e. The Morgan fingerprint density at radius 2 is 1.69 bits per heavy atom. The third kappa shape index (κ3) is 6.43. The van der Waals surface area contributed by atoms with Crippen molar-refractivity contribution in [1.82, 2.24) is 0 Å². The van der Waals surface area contributed by atoms with Gasteiger partial charge in [0, 0.05) is 6.54 Å². The molecule has 0 amide bonds. The highest BCUT2D eigenvalue weighted by Gasteiger charge is 2.14. The minimum absolute atomic E-state index is 0.203. The van der Waals surface area contributed by atoms with Gasteiger partial charge in [0.15, 0.2) is 5.96 Å². The number of nitrogens with zero attached hydrogens (tertiary/aromatic N) is 1. The maximum absolute atomic E-state index is 5.30. The van der Waals surface area contributed by atoms with Crippen molar-refractivity contribution in [3.05, 3.63) is 0 Å². The number of aliphatic imine (C=N–C) groups is 1. The van der Waals surface area contributed by atoms with Gasteiger partial charge in [-0.1, -0.05) is 27.7 Å². The van der Waals surface area contributed by atoms with Crippen LogP contribution >= 0.6 is 0 Å². The number of hydrogen-bond acceptors (Lipinski definition) is 1. The van der Waals surface area contributed by atoms with E-state index in [0.717, 1.165) is 6.54 Å². The molecule has 0 rings (SSSR count). The van der Waals surface area contributed by atoms with Gasteiger partial charge in [0.2, 0.25) is 0 Å². The number of guanidine groups is 1. The maximum Gasteiger partial charge on any atom is 0.185 e. The Balaban J connectivity index is 4.03. The van der Waals surface area contributed by atoms with Gasteiger partial charge in [-0.05, 0) is 24.2 Å². The highest BCUT2D eigenvalue weighted by Crippen LogP contribution is 2.20. The molecule has 0 aliphatic rings. The van der Waals surface area contributed by atoms with Crippen LogP contribution in [0, 0.1) is 17.8 Å². The van der Waals surface area contributed by atoms with E-state index in [1.807, 2.05) is 0 Å². The SMILES string of the molecule is CC(C)CC(CN=C(N)N)C(C)C. The summed E-state index contributed by atoms with van der Waals surface area (Å²) in [5.41, 5.74) is 10.6. The molecule has 3 heteroatoms. The number of rotatable bonds is 5. The Bertz CT molecular complexity index is 158. The van der Waals surface area contributed by atoms with E-state index < -0.39 is 0 Å². The molecule has 13 heavy (non-hydrogen) atoms. The van der Waals surface area contributed by atoms with Crippen molar-refractivity contribution in [3.8, 4) is 0 Å². The van der Waals surface area contributed by atoms with Gasteiger partial charge >= 0.3 is 0 Å². The summed E-state index contributed by atoms with van der Waals surface area (Å²) in [6, 6.07) is 0. The smallest absolute Gasteiger partial charge is 0.185 e. The Labute approximate surface area is 81.6 Å². The first-order chi connectivity index (χ1) is 5.93. The van der Waals surface area contributed by atoms with E-state index >= 15 is 0 Å². The van der Waals surface area contributed by atoms with E-state index in [1.165, 1.54) is 6.42 Å². The van der Waals surface area contributed by atoms with Crippen molar-refractivity contribution in [1.29, 1.82) is 0 Å². The summed E-state index contributed by atoms with van der Waals surface area (Å²) in [7, 11) is 0. The van der Waals surface area contributed by atoms with Crippen LogP contribution < -0.4 is 11.5 Å². The van der Waals surface area contributed by atoms with Crippen molar-refractivity contribution in [2.75, 3.05) is 6.54 Å². The fourth-order valence-electron chi connectivity index (χ4n) is 1.39. The third-order valence-electron chi connectivity index (χ3n) is 2.23. The zero-order valence-electron chi connectivity index (χ0n) is 9.25. The molecule has 0 aromatic rings. The molecule has 4 N–H and O–H groups in total. The average Bonchev–Trinajstić information content (AvgIpc) is 1.96. The summed E-state index contributed by atoms with van der Waals surface area (Å²) in [4.78, 5) is 4.07. The lowest BCUT2D eigenvalue weighted by Crippen LogP contribution is -2.25. The summed E-state index contributed by atoms with van der Waals surface area (Å²) in [5, 5.41) is 0. The van der Waals surface area contributed by atoms with Gasteiger partial charge in [-0.25, -0.2) is 0 Å². The second kappa shape index (κ2) is 5.84. The first kappa shape index (κ1) is 12.3. The van der Waals surface area contributed by atoms with Gasteiger partial charge in [0.05, 0.1) is 0 Å². The van der Waals surface area contributed by atoms with Gasteiger partial charge in [-0.2, -0.15) is 0 Å². The largest absolute Gasteiger partial charge is 0.370 e. The molecule has 0 bridgehead atoms. The molecule has 1 atom stereocenters. The van der Waals surface area contributed by atoms with Crippen molar-refractivity contribution >= 4 is 5.96 Å². The first-order valence-electron chi connectivity index (χ1n) is 4.98. The lowest BCUT2D eigenvalue weighted by atomic mass is 9.88. The molecule has 0 aromatic carbocycles. The topological polar surface area (TPSA) is 64.4 Å². The van der Waals surface area contributed by atoms with Gasteiger partial charge in [-0.3, -0.25) is 4.99 Å². The van der Waals surface area contributed by atoms with Crippen LogP contribution in [0.1, 0.15) is 34.1 Å². The molecule has 0 fully saturated rings. The van der Waals surface area contributed by atoms with Crippen molar-refractivity contribution in [2.45, 2.75) is 34.1 Å². The molecule has 78 valence electrons. The van der Waals surface area contributed by atoms with Crippen LogP contribution in [-0.2, 0) is 0 Å². The van der Waals surface area contributed by atoms with Crippen molar-refractivity contribution in [2.24, 2.45) is 34.2 Å². The molecule has 1 unspecified atom stereocenters. The molecule has 3 nitrogen and oxygen atoms in total. The van der Waals surface area contributed by atoms with Crippen LogP contribution in [0.4, 0.5) is 0 Å². The molecular formula is C10H23N3. The Hall–Kier alpha value is -0.730. The van der Waals surface area contributed by atoms with Gasteiger partial charge in [0.25, 0.3) is 0 Å². The van der Waals surface area contributed by atoms with Gasteiger partial charge in [-0.15, -0.1) is 0 Å². The molecule has 0 saturated heterocycles. The molecule has 0 radical (unpaired) electrons. The predicted molar refractivity (Wildman–Crippen MR) is 58.5 cm³/mol. The highest BCUT2D eigenvalue weighted by atomic mass is 15.0. The van der Waals surface area contributed by atoms with E-state index in [1.54, 1.807) is 0 Å². The maximum atomic E-state index is 5.30. The Morgan fingerprint density at radius 1 is 1.15 bits per heavy atom. The van der Waals surface area contributed by atoms with Gasteiger partial charge < -0.3 is 11.5 Å². The quantitative estimate of drug-likeness (QED) is 0.504. The molecule has 0 aliphatic carbocycles. The summed E-state index contributed by atoms with van der Waals surface area (Å²) >= 11 is 0. The van der Waals surface area contributed by atoms with Crippen molar-refractivity contribution < 1.29 is 0 Å². The molecule has 0 saturated carbocycles. The Morgan fingerprint density at radius 3 is 2.00 bits per heavy atom. The second-order valence-corrected chi connectivity index (χ2v) is 4.40. The van der Waals surface area contributed by atoms with Crippen LogP contribution in [0.15, 0.2) is 4.99 Å². The fraction of sp³-hybridized carbons (Fsp3) is 0.900. The van der Waals surface area contributed by atoms with E-state index in [-0.39, 0.29) is 5.96 Å². The zero-order chi connectivity index (χ0) is 10.4. The third-order valence-corrected chi connectivity index (χ3v) is 2.23. The van der Waals surface area contributed by atoms with Crippen LogP contribution in [0.3, 0.4) is 0 Å².